The van der Waals surface area contributed by atoms with Crippen LogP contribution in [0.2, 0.25) is 0 Å². The molecule has 1 saturated heterocycles. The molecule has 32 heavy (non-hydrogen) atoms. The number of piperidine rings is 1. The third kappa shape index (κ3) is 4.47. The number of urea groups is 1. The Morgan fingerprint density at radius 1 is 1.03 bits per heavy atom. The molecule has 7 heteroatoms. The van der Waals surface area contributed by atoms with Crippen molar-refractivity contribution in [1.82, 2.24) is 14.9 Å². The third-order valence-corrected chi connectivity index (χ3v) is 6.17. The Labute approximate surface area is 188 Å². The van der Waals surface area contributed by atoms with Crippen LogP contribution in [-0.4, -0.2) is 48.2 Å². The second-order valence-electron chi connectivity index (χ2n) is 8.45. The molecule has 0 spiro atoms. The molecule has 2 aromatic carbocycles. The van der Waals surface area contributed by atoms with Crippen molar-refractivity contribution in [2.24, 2.45) is 0 Å². The molecule has 1 aliphatic rings. The molecule has 0 saturated carbocycles. The van der Waals surface area contributed by atoms with Crippen LogP contribution in [0.25, 0.3) is 10.9 Å². The summed E-state index contributed by atoms with van der Waals surface area (Å²) in [5, 5.41) is 3.99. The first kappa shape index (κ1) is 21.9. The number of benzene rings is 2. The molecule has 0 unspecified atom stereocenters. The van der Waals surface area contributed by atoms with Crippen LogP contribution in [0.1, 0.15) is 49.8 Å². The van der Waals surface area contributed by atoms with Crippen LogP contribution in [-0.2, 0) is 0 Å². The van der Waals surface area contributed by atoms with Gasteiger partial charge in [-0.2, -0.15) is 0 Å². The molecule has 3 aromatic rings. The van der Waals surface area contributed by atoms with Gasteiger partial charge in [0.15, 0.2) is 11.5 Å². The predicted molar refractivity (Wildman–Crippen MR) is 126 cm³/mol. The molecular formula is C25H30N4O3. The van der Waals surface area contributed by atoms with Gasteiger partial charge in [-0.15, -0.1) is 0 Å². The van der Waals surface area contributed by atoms with Gasteiger partial charge >= 0.3 is 6.03 Å². The summed E-state index contributed by atoms with van der Waals surface area (Å²) in [5.74, 6) is 2.04. The zero-order valence-electron chi connectivity index (χ0n) is 19.1. The zero-order chi connectivity index (χ0) is 22.7. The van der Waals surface area contributed by atoms with Gasteiger partial charge in [-0.05, 0) is 42.5 Å². The normalized spacial score (nSPS) is 14.6. The number of likely N-dealkylation sites (tertiary alicyclic amines) is 1. The lowest BCUT2D eigenvalue weighted by atomic mass is 9.91. The summed E-state index contributed by atoms with van der Waals surface area (Å²) in [5.41, 5.74) is 3.91. The Kier molecular flexibility index (Phi) is 6.44. The molecule has 0 bridgehead atoms. The molecule has 0 aliphatic carbocycles. The summed E-state index contributed by atoms with van der Waals surface area (Å²) in [6.45, 7) is 5.68. The molecule has 2 amide bonds. The molecule has 0 atom stereocenters. The van der Waals surface area contributed by atoms with Gasteiger partial charge in [0.25, 0.3) is 0 Å². The van der Waals surface area contributed by atoms with E-state index in [4.69, 9.17) is 9.47 Å². The van der Waals surface area contributed by atoms with Crippen LogP contribution >= 0.6 is 0 Å². The second-order valence-corrected chi connectivity index (χ2v) is 8.45. The minimum absolute atomic E-state index is 0.0558. The Hall–Kier alpha value is -3.35. The smallest absolute Gasteiger partial charge is 0.321 e. The average molecular weight is 435 g/mol. The lowest BCUT2D eigenvalue weighted by molar-refractivity contribution is 0.194. The monoisotopic (exact) mass is 434 g/mol. The molecule has 7 nitrogen and oxygen atoms in total. The number of amides is 2. The van der Waals surface area contributed by atoms with Gasteiger partial charge in [-0.25, -0.2) is 14.8 Å². The standard InChI is InChI=1S/C25H30N4O3/c1-16(2)17-5-7-19(8-6-17)28-25(30)29-11-9-18(10-12-29)24-20-13-22(31-3)23(32-4)14-21(20)26-15-27-24/h5-8,13-16,18H,9-12H2,1-4H3,(H,28,30). The van der Waals surface area contributed by atoms with Crippen LogP contribution in [0.5, 0.6) is 11.5 Å². The van der Waals surface area contributed by atoms with Gasteiger partial charge in [-0.3, -0.25) is 0 Å². The number of methoxy groups -OCH3 is 2. The highest BCUT2D eigenvalue weighted by molar-refractivity contribution is 5.89. The minimum atomic E-state index is -0.0558. The van der Waals surface area contributed by atoms with E-state index >= 15 is 0 Å². The number of hydrogen-bond acceptors (Lipinski definition) is 5. The Morgan fingerprint density at radius 3 is 2.31 bits per heavy atom. The van der Waals surface area contributed by atoms with Crippen molar-refractivity contribution in [1.29, 1.82) is 0 Å². The number of fused-ring (bicyclic) bond motifs is 1. The number of anilines is 1. The highest BCUT2D eigenvalue weighted by atomic mass is 16.5. The maximum atomic E-state index is 12.8. The van der Waals surface area contributed by atoms with E-state index in [2.05, 4.69) is 41.3 Å². The average Bonchev–Trinajstić information content (AvgIpc) is 2.83. The Balaban J connectivity index is 1.44. The molecule has 1 aromatic heterocycles. The van der Waals surface area contributed by atoms with Crippen LogP contribution in [0.3, 0.4) is 0 Å². The number of carbonyl (C=O) groups excluding carboxylic acids is 1. The molecule has 1 fully saturated rings. The molecule has 4 rings (SSSR count). The summed E-state index contributed by atoms with van der Waals surface area (Å²) in [4.78, 5) is 23.6. The van der Waals surface area contributed by atoms with E-state index in [0.29, 0.717) is 30.5 Å². The zero-order valence-corrected chi connectivity index (χ0v) is 19.1. The molecule has 168 valence electrons. The number of nitrogens with zero attached hydrogens (tertiary/aromatic N) is 3. The van der Waals surface area contributed by atoms with E-state index in [1.54, 1.807) is 20.5 Å². The van der Waals surface area contributed by atoms with Crippen molar-refractivity contribution >= 4 is 22.6 Å². The molecule has 2 heterocycles. The van der Waals surface area contributed by atoms with E-state index in [1.807, 2.05) is 29.2 Å². The topological polar surface area (TPSA) is 76.6 Å². The quantitative estimate of drug-likeness (QED) is 0.599. The number of carbonyl (C=O) groups is 1. The number of nitrogens with one attached hydrogen (secondary N) is 1. The lowest BCUT2D eigenvalue weighted by Crippen LogP contribution is -2.40. The summed E-state index contributed by atoms with van der Waals surface area (Å²) in [6.07, 6.45) is 3.30. The summed E-state index contributed by atoms with van der Waals surface area (Å²) < 4.78 is 10.9. The fourth-order valence-electron chi connectivity index (χ4n) is 4.24. The largest absolute Gasteiger partial charge is 0.493 e. The van der Waals surface area contributed by atoms with Crippen molar-refractivity contribution in [2.45, 2.75) is 38.5 Å². The van der Waals surface area contributed by atoms with Gasteiger partial charge in [0, 0.05) is 36.1 Å². The van der Waals surface area contributed by atoms with Crippen molar-refractivity contribution < 1.29 is 14.3 Å². The van der Waals surface area contributed by atoms with E-state index in [-0.39, 0.29) is 11.9 Å². The van der Waals surface area contributed by atoms with Crippen molar-refractivity contribution in [2.75, 3.05) is 32.6 Å². The molecule has 1 aliphatic heterocycles. The van der Waals surface area contributed by atoms with Crippen LogP contribution in [0.15, 0.2) is 42.7 Å². The lowest BCUT2D eigenvalue weighted by Gasteiger charge is -2.32. The first-order valence-electron chi connectivity index (χ1n) is 11.0. The minimum Gasteiger partial charge on any atom is -0.493 e. The number of ether oxygens (including phenoxy) is 2. The molecular weight excluding hydrogens is 404 g/mol. The van der Waals surface area contributed by atoms with Crippen LogP contribution < -0.4 is 14.8 Å². The van der Waals surface area contributed by atoms with Crippen LogP contribution in [0.4, 0.5) is 10.5 Å². The van der Waals surface area contributed by atoms with E-state index in [9.17, 15) is 4.79 Å². The third-order valence-electron chi connectivity index (χ3n) is 6.17. The van der Waals surface area contributed by atoms with Crippen molar-refractivity contribution in [3.05, 3.63) is 54.0 Å². The summed E-state index contributed by atoms with van der Waals surface area (Å²) in [7, 11) is 3.24. The number of hydrogen-bond donors (Lipinski definition) is 1. The summed E-state index contributed by atoms with van der Waals surface area (Å²) >= 11 is 0. The fraction of sp³-hybridized carbons (Fsp3) is 0.400. The van der Waals surface area contributed by atoms with E-state index in [1.165, 1.54) is 5.56 Å². The van der Waals surface area contributed by atoms with Gasteiger partial charge in [-0.1, -0.05) is 26.0 Å². The highest BCUT2D eigenvalue weighted by Gasteiger charge is 2.26. The van der Waals surface area contributed by atoms with Crippen molar-refractivity contribution in [3.63, 3.8) is 0 Å². The van der Waals surface area contributed by atoms with E-state index in [0.717, 1.165) is 35.1 Å². The van der Waals surface area contributed by atoms with Gasteiger partial charge in [0.2, 0.25) is 0 Å². The molecule has 1 N–H and O–H groups in total. The highest BCUT2D eigenvalue weighted by Crippen LogP contribution is 2.36. The van der Waals surface area contributed by atoms with Gasteiger partial charge < -0.3 is 19.7 Å². The maximum absolute atomic E-state index is 12.8. The SMILES string of the molecule is COc1cc2ncnc(C3CCN(C(=O)Nc4ccc(C(C)C)cc4)CC3)c2cc1OC. The maximum Gasteiger partial charge on any atom is 0.321 e. The Bertz CT molecular complexity index is 1090. The van der Waals surface area contributed by atoms with Crippen LogP contribution in [0, 0.1) is 0 Å². The molecule has 0 radical (unpaired) electrons. The van der Waals surface area contributed by atoms with E-state index < -0.39 is 0 Å². The first-order valence-corrected chi connectivity index (χ1v) is 11.0. The fourth-order valence-corrected chi connectivity index (χ4v) is 4.24. The predicted octanol–water partition coefficient (Wildman–Crippen LogP) is 5.18. The number of rotatable bonds is 5. The van der Waals surface area contributed by atoms with Gasteiger partial charge in [0.1, 0.15) is 6.33 Å². The summed E-state index contributed by atoms with van der Waals surface area (Å²) in [6, 6.07) is 11.8. The first-order chi connectivity index (χ1) is 15.5. The number of aromatic nitrogens is 2. The second kappa shape index (κ2) is 9.42. The van der Waals surface area contributed by atoms with Gasteiger partial charge in [0.05, 0.1) is 25.4 Å². The van der Waals surface area contributed by atoms with Crippen molar-refractivity contribution in [3.8, 4) is 11.5 Å². The Morgan fingerprint density at radius 2 is 1.69 bits per heavy atom.